The number of hydrogen-bond acceptors (Lipinski definition) is 3. The predicted molar refractivity (Wildman–Crippen MR) is 72.1 cm³/mol. The van der Waals surface area contributed by atoms with E-state index in [0.717, 1.165) is 19.3 Å². The van der Waals surface area contributed by atoms with Gasteiger partial charge in [-0.05, 0) is 31.6 Å². The third-order valence-corrected chi connectivity index (χ3v) is 6.36. The first-order valence-corrected chi connectivity index (χ1v) is 8.53. The molecule has 1 saturated heterocycles. The standard InChI is InChI=1S/C13H21N3O2S/c1-15-10-12(9-14-15)19(17,18)16-8-4-6-11-5-2-3-7-13(11)16/h9-11,13H,2-8H2,1H3. The molecule has 2 unspecified atom stereocenters. The normalized spacial score (nSPS) is 29.1. The summed E-state index contributed by atoms with van der Waals surface area (Å²) in [5.41, 5.74) is 0. The maximum absolute atomic E-state index is 12.7. The van der Waals surface area contributed by atoms with Crippen LogP contribution in [0.4, 0.5) is 0 Å². The van der Waals surface area contributed by atoms with Gasteiger partial charge in [-0.15, -0.1) is 0 Å². The first-order chi connectivity index (χ1) is 9.09. The Morgan fingerprint density at radius 3 is 2.68 bits per heavy atom. The number of piperidine rings is 1. The van der Waals surface area contributed by atoms with E-state index in [4.69, 9.17) is 0 Å². The van der Waals surface area contributed by atoms with Crippen molar-refractivity contribution in [2.75, 3.05) is 6.54 Å². The molecule has 0 amide bonds. The first-order valence-electron chi connectivity index (χ1n) is 7.09. The highest BCUT2D eigenvalue weighted by Crippen LogP contribution is 2.37. The van der Waals surface area contributed by atoms with E-state index in [0.29, 0.717) is 17.4 Å². The van der Waals surface area contributed by atoms with Crippen LogP contribution in [0.15, 0.2) is 17.3 Å². The van der Waals surface area contributed by atoms with E-state index in [-0.39, 0.29) is 6.04 Å². The lowest BCUT2D eigenvalue weighted by molar-refractivity contribution is 0.129. The molecule has 19 heavy (non-hydrogen) atoms. The second-order valence-electron chi connectivity index (χ2n) is 5.72. The summed E-state index contributed by atoms with van der Waals surface area (Å²) < 4.78 is 28.8. The van der Waals surface area contributed by atoms with Crippen LogP contribution in [0.1, 0.15) is 38.5 Å². The van der Waals surface area contributed by atoms with Gasteiger partial charge < -0.3 is 0 Å². The van der Waals surface area contributed by atoms with Crippen LogP contribution in [-0.4, -0.2) is 35.1 Å². The molecular weight excluding hydrogens is 262 g/mol. The van der Waals surface area contributed by atoms with Crippen LogP contribution in [0, 0.1) is 5.92 Å². The van der Waals surface area contributed by atoms with Crippen LogP contribution in [0.2, 0.25) is 0 Å². The molecule has 0 spiro atoms. The lowest BCUT2D eigenvalue weighted by atomic mass is 9.79. The van der Waals surface area contributed by atoms with Crippen LogP contribution in [0.5, 0.6) is 0 Å². The van der Waals surface area contributed by atoms with Crippen LogP contribution < -0.4 is 0 Å². The van der Waals surface area contributed by atoms with Gasteiger partial charge in [-0.2, -0.15) is 9.40 Å². The van der Waals surface area contributed by atoms with Crippen LogP contribution in [0.25, 0.3) is 0 Å². The minimum atomic E-state index is -3.36. The summed E-state index contributed by atoms with van der Waals surface area (Å²) in [6.07, 6.45) is 9.84. The van der Waals surface area contributed by atoms with E-state index < -0.39 is 10.0 Å². The number of sulfonamides is 1. The molecule has 1 saturated carbocycles. The van der Waals surface area contributed by atoms with E-state index in [2.05, 4.69) is 5.10 Å². The molecule has 1 aliphatic heterocycles. The maximum Gasteiger partial charge on any atom is 0.246 e. The number of nitrogens with zero attached hydrogens (tertiary/aromatic N) is 3. The van der Waals surface area contributed by atoms with E-state index in [1.165, 1.54) is 25.5 Å². The fraction of sp³-hybridized carbons (Fsp3) is 0.769. The minimum absolute atomic E-state index is 0.215. The topological polar surface area (TPSA) is 55.2 Å². The molecule has 1 aromatic heterocycles. The van der Waals surface area contributed by atoms with E-state index in [1.807, 2.05) is 0 Å². The molecule has 1 aliphatic carbocycles. The fourth-order valence-electron chi connectivity index (χ4n) is 3.54. The quantitative estimate of drug-likeness (QED) is 0.831. The van der Waals surface area contributed by atoms with Crippen LogP contribution in [-0.2, 0) is 17.1 Å². The lowest BCUT2D eigenvalue weighted by Crippen LogP contribution is -2.49. The Morgan fingerprint density at radius 2 is 1.95 bits per heavy atom. The number of fused-ring (bicyclic) bond motifs is 1. The average Bonchev–Trinajstić information content (AvgIpc) is 2.85. The molecule has 2 heterocycles. The van der Waals surface area contributed by atoms with Gasteiger partial charge in [-0.3, -0.25) is 4.68 Å². The zero-order valence-corrected chi connectivity index (χ0v) is 12.1. The first kappa shape index (κ1) is 13.1. The second kappa shape index (κ2) is 4.90. The molecule has 6 heteroatoms. The number of rotatable bonds is 2. The van der Waals surface area contributed by atoms with Crippen molar-refractivity contribution in [1.29, 1.82) is 0 Å². The Balaban J connectivity index is 1.91. The van der Waals surface area contributed by atoms with Gasteiger partial charge in [0.05, 0.1) is 6.20 Å². The number of aryl methyl sites for hydroxylation is 1. The molecule has 0 bridgehead atoms. The highest BCUT2D eigenvalue weighted by Gasteiger charge is 2.40. The molecule has 2 aliphatic rings. The van der Waals surface area contributed by atoms with Crippen molar-refractivity contribution in [3.8, 4) is 0 Å². The summed E-state index contributed by atoms with van der Waals surface area (Å²) >= 11 is 0. The highest BCUT2D eigenvalue weighted by atomic mass is 32.2. The van der Waals surface area contributed by atoms with Gasteiger partial charge >= 0.3 is 0 Å². The van der Waals surface area contributed by atoms with Crippen molar-refractivity contribution in [2.24, 2.45) is 13.0 Å². The second-order valence-corrected chi connectivity index (χ2v) is 7.61. The average molecular weight is 283 g/mol. The summed E-state index contributed by atoms with van der Waals surface area (Å²) in [5.74, 6) is 0.564. The van der Waals surface area contributed by atoms with Gasteiger partial charge in [0.2, 0.25) is 10.0 Å². The molecule has 3 rings (SSSR count). The number of hydrogen-bond donors (Lipinski definition) is 0. The zero-order chi connectivity index (χ0) is 13.5. The Morgan fingerprint density at radius 1 is 1.21 bits per heavy atom. The Kier molecular flexibility index (Phi) is 3.39. The lowest BCUT2D eigenvalue weighted by Gasteiger charge is -2.42. The van der Waals surface area contributed by atoms with E-state index in [9.17, 15) is 8.42 Å². The summed E-state index contributed by atoms with van der Waals surface area (Å²) in [6, 6.07) is 0.215. The van der Waals surface area contributed by atoms with Crippen molar-refractivity contribution < 1.29 is 8.42 Å². The van der Waals surface area contributed by atoms with Gasteiger partial charge in [0.1, 0.15) is 4.90 Å². The Hall–Kier alpha value is -0.880. The predicted octanol–water partition coefficient (Wildman–Crippen LogP) is 1.76. The molecule has 2 fully saturated rings. The van der Waals surface area contributed by atoms with Crippen LogP contribution >= 0.6 is 0 Å². The maximum atomic E-state index is 12.7. The van der Waals surface area contributed by atoms with Gasteiger partial charge in [0.25, 0.3) is 0 Å². The SMILES string of the molecule is Cn1cc(S(=O)(=O)N2CCCC3CCCCC32)cn1. The van der Waals surface area contributed by atoms with Gasteiger partial charge in [0.15, 0.2) is 0 Å². The third kappa shape index (κ3) is 2.31. The molecule has 0 radical (unpaired) electrons. The van der Waals surface area contributed by atoms with Crippen molar-refractivity contribution in [1.82, 2.24) is 14.1 Å². The van der Waals surface area contributed by atoms with E-state index in [1.54, 1.807) is 22.2 Å². The third-order valence-electron chi connectivity index (χ3n) is 4.48. The highest BCUT2D eigenvalue weighted by molar-refractivity contribution is 7.89. The summed E-state index contributed by atoms with van der Waals surface area (Å²) in [6.45, 7) is 0.665. The molecule has 1 aromatic rings. The molecule has 0 N–H and O–H groups in total. The Labute approximate surface area is 114 Å². The van der Waals surface area contributed by atoms with Gasteiger partial charge in [-0.1, -0.05) is 12.8 Å². The smallest absolute Gasteiger partial charge is 0.246 e. The van der Waals surface area contributed by atoms with Crippen molar-refractivity contribution in [3.05, 3.63) is 12.4 Å². The largest absolute Gasteiger partial charge is 0.274 e. The molecular formula is C13H21N3O2S. The fourth-order valence-corrected chi connectivity index (χ4v) is 5.29. The zero-order valence-electron chi connectivity index (χ0n) is 11.3. The summed E-state index contributed by atoms with van der Waals surface area (Å²) in [5, 5.41) is 3.99. The van der Waals surface area contributed by atoms with Gasteiger partial charge in [-0.25, -0.2) is 8.42 Å². The molecule has 106 valence electrons. The van der Waals surface area contributed by atoms with Crippen molar-refractivity contribution in [3.63, 3.8) is 0 Å². The van der Waals surface area contributed by atoms with Gasteiger partial charge in [0, 0.05) is 25.8 Å². The van der Waals surface area contributed by atoms with Crippen molar-refractivity contribution >= 4 is 10.0 Å². The molecule has 2 atom stereocenters. The number of aromatic nitrogens is 2. The molecule has 0 aromatic carbocycles. The molecule has 5 nitrogen and oxygen atoms in total. The van der Waals surface area contributed by atoms with Crippen LogP contribution in [0.3, 0.4) is 0 Å². The summed E-state index contributed by atoms with van der Waals surface area (Å²) in [4.78, 5) is 0.334. The van der Waals surface area contributed by atoms with Crippen molar-refractivity contribution in [2.45, 2.75) is 49.5 Å². The summed E-state index contributed by atoms with van der Waals surface area (Å²) in [7, 11) is -1.61. The minimum Gasteiger partial charge on any atom is -0.274 e. The monoisotopic (exact) mass is 283 g/mol. The Bertz CT molecular complexity index is 550. The van der Waals surface area contributed by atoms with E-state index >= 15 is 0 Å².